The number of imidazole rings is 1. The van der Waals surface area contributed by atoms with Crippen LogP contribution in [0.5, 0.6) is 0 Å². The lowest BCUT2D eigenvalue weighted by atomic mass is 10.4. The average molecular weight is 161 g/mol. The van der Waals surface area contributed by atoms with Crippen LogP contribution in [0.2, 0.25) is 0 Å². The Hall–Kier alpha value is -1.51. The third kappa shape index (κ3) is 0.863. The maximum absolute atomic E-state index is 4.36. The van der Waals surface area contributed by atoms with Gasteiger partial charge in [-0.25, -0.2) is 4.98 Å². The Labute approximate surface area is 71.0 Å². The molecule has 0 fully saturated rings. The van der Waals surface area contributed by atoms with E-state index in [0.717, 1.165) is 17.2 Å². The average Bonchev–Trinajstić information content (AvgIpc) is 2.44. The van der Waals surface area contributed by atoms with E-state index in [4.69, 9.17) is 0 Å². The molecule has 0 aliphatic heterocycles. The number of nitrogens with zero attached hydrogens (tertiary/aromatic N) is 2. The summed E-state index contributed by atoms with van der Waals surface area (Å²) in [6, 6.07) is 6.06. The van der Waals surface area contributed by atoms with Crippen molar-refractivity contribution in [1.82, 2.24) is 9.38 Å². The van der Waals surface area contributed by atoms with Crippen LogP contribution in [-0.2, 0) is 0 Å². The number of hydrogen-bond donors (Lipinski definition) is 1. The van der Waals surface area contributed by atoms with Crippen LogP contribution in [-0.4, -0.2) is 16.4 Å². The van der Waals surface area contributed by atoms with Gasteiger partial charge in [-0.1, -0.05) is 6.07 Å². The van der Waals surface area contributed by atoms with Gasteiger partial charge < -0.3 is 9.72 Å². The van der Waals surface area contributed by atoms with Gasteiger partial charge in [-0.15, -0.1) is 0 Å². The second kappa shape index (κ2) is 2.52. The molecule has 0 aliphatic carbocycles. The van der Waals surface area contributed by atoms with Crippen molar-refractivity contribution < 1.29 is 0 Å². The molecule has 0 aliphatic rings. The van der Waals surface area contributed by atoms with E-state index in [1.807, 2.05) is 38.4 Å². The number of nitrogens with one attached hydrogen (secondary N) is 1. The molecule has 2 heterocycles. The van der Waals surface area contributed by atoms with E-state index in [1.54, 1.807) is 0 Å². The Morgan fingerprint density at radius 1 is 1.42 bits per heavy atom. The van der Waals surface area contributed by atoms with Gasteiger partial charge in [-0.3, -0.25) is 0 Å². The molecule has 3 nitrogen and oxygen atoms in total. The highest BCUT2D eigenvalue weighted by Gasteiger charge is 2.03. The summed E-state index contributed by atoms with van der Waals surface area (Å²) in [5.41, 5.74) is 1.12. The second-order valence-electron chi connectivity index (χ2n) is 2.71. The maximum atomic E-state index is 4.36. The molecular formula is C9H11N3. The van der Waals surface area contributed by atoms with Gasteiger partial charge in [0.1, 0.15) is 5.82 Å². The van der Waals surface area contributed by atoms with E-state index in [-0.39, 0.29) is 0 Å². The van der Waals surface area contributed by atoms with Crippen molar-refractivity contribution >= 4 is 11.3 Å². The molecule has 0 radical (unpaired) electrons. The third-order valence-corrected chi connectivity index (χ3v) is 1.96. The van der Waals surface area contributed by atoms with E-state index in [1.165, 1.54) is 0 Å². The van der Waals surface area contributed by atoms with Crippen molar-refractivity contribution in [3.05, 3.63) is 30.2 Å². The fourth-order valence-corrected chi connectivity index (χ4v) is 1.38. The Morgan fingerprint density at radius 2 is 2.25 bits per heavy atom. The first-order valence-corrected chi connectivity index (χ1v) is 3.94. The summed E-state index contributed by atoms with van der Waals surface area (Å²) >= 11 is 0. The SMILES string of the molecule is CNc1nc(C)n2ccccc12. The molecule has 0 spiro atoms. The number of anilines is 1. The summed E-state index contributed by atoms with van der Waals surface area (Å²) in [5.74, 6) is 1.95. The molecule has 12 heavy (non-hydrogen) atoms. The van der Waals surface area contributed by atoms with Crippen LogP contribution in [0.25, 0.3) is 5.52 Å². The van der Waals surface area contributed by atoms with Crippen molar-refractivity contribution in [2.45, 2.75) is 6.92 Å². The molecule has 0 saturated carbocycles. The Kier molecular flexibility index (Phi) is 1.50. The largest absolute Gasteiger partial charge is 0.371 e. The van der Waals surface area contributed by atoms with E-state index in [9.17, 15) is 0 Å². The first-order valence-electron chi connectivity index (χ1n) is 3.94. The fourth-order valence-electron chi connectivity index (χ4n) is 1.38. The van der Waals surface area contributed by atoms with Crippen LogP contribution in [0, 0.1) is 6.92 Å². The molecule has 0 amide bonds. The summed E-state index contributed by atoms with van der Waals surface area (Å²) in [5, 5.41) is 3.06. The van der Waals surface area contributed by atoms with Crippen LogP contribution in [0.15, 0.2) is 24.4 Å². The van der Waals surface area contributed by atoms with Gasteiger partial charge in [-0.05, 0) is 19.1 Å². The zero-order chi connectivity index (χ0) is 8.55. The summed E-state index contributed by atoms with van der Waals surface area (Å²) < 4.78 is 2.06. The Morgan fingerprint density at radius 3 is 3.00 bits per heavy atom. The zero-order valence-electron chi connectivity index (χ0n) is 7.20. The van der Waals surface area contributed by atoms with Gasteiger partial charge in [0, 0.05) is 13.2 Å². The molecule has 2 rings (SSSR count). The summed E-state index contributed by atoms with van der Waals surface area (Å²) in [4.78, 5) is 4.36. The molecule has 2 aromatic rings. The number of fused-ring (bicyclic) bond motifs is 1. The van der Waals surface area contributed by atoms with Crippen molar-refractivity contribution in [2.75, 3.05) is 12.4 Å². The van der Waals surface area contributed by atoms with Gasteiger partial charge in [0.15, 0.2) is 5.82 Å². The van der Waals surface area contributed by atoms with Crippen LogP contribution in [0.4, 0.5) is 5.82 Å². The predicted octanol–water partition coefficient (Wildman–Crippen LogP) is 1.68. The minimum atomic E-state index is 0.938. The fraction of sp³-hybridized carbons (Fsp3) is 0.222. The smallest absolute Gasteiger partial charge is 0.152 e. The highest BCUT2D eigenvalue weighted by molar-refractivity contribution is 5.68. The summed E-state index contributed by atoms with van der Waals surface area (Å²) in [7, 11) is 1.88. The monoisotopic (exact) mass is 161 g/mol. The van der Waals surface area contributed by atoms with Gasteiger partial charge in [0.25, 0.3) is 0 Å². The molecule has 3 heteroatoms. The lowest BCUT2D eigenvalue weighted by molar-refractivity contribution is 1.04. The Balaban J connectivity index is 2.82. The number of pyridine rings is 1. The number of aromatic nitrogens is 2. The van der Waals surface area contributed by atoms with Gasteiger partial charge in [0.05, 0.1) is 5.52 Å². The van der Waals surface area contributed by atoms with E-state index < -0.39 is 0 Å². The van der Waals surface area contributed by atoms with Gasteiger partial charge >= 0.3 is 0 Å². The molecule has 1 N–H and O–H groups in total. The van der Waals surface area contributed by atoms with Crippen molar-refractivity contribution in [1.29, 1.82) is 0 Å². The lowest BCUT2D eigenvalue weighted by Crippen LogP contribution is -1.88. The standard InChI is InChI=1S/C9H11N3/c1-7-11-9(10-2)8-5-3-4-6-12(7)8/h3-6,10H,1-2H3. The molecule has 0 saturated heterocycles. The maximum Gasteiger partial charge on any atom is 0.152 e. The summed E-state index contributed by atoms with van der Waals surface area (Å²) in [6.45, 7) is 1.99. The van der Waals surface area contributed by atoms with E-state index in [0.29, 0.717) is 0 Å². The van der Waals surface area contributed by atoms with Crippen molar-refractivity contribution in [3.63, 3.8) is 0 Å². The first-order chi connectivity index (χ1) is 5.83. The van der Waals surface area contributed by atoms with Crippen LogP contribution >= 0.6 is 0 Å². The van der Waals surface area contributed by atoms with Gasteiger partial charge in [0.2, 0.25) is 0 Å². The van der Waals surface area contributed by atoms with Gasteiger partial charge in [-0.2, -0.15) is 0 Å². The quantitative estimate of drug-likeness (QED) is 0.689. The zero-order valence-corrected chi connectivity index (χ0v) is 7.20. The highest BCUT2D eigenvalue weighted by Crippen LogP contribution is 2.15. The van der Waals surface area contributed by atoms with E-state index >= 15 is 0 Å². The molecule has 0 bridgehead atoms. The molecule has 0 aromatic carbocycles. The molecule has 62 valence electrons. The Bertz CT molecular complexity index is 403. The van der Waals surface area contributed by atoms with Crippen LogP contribution < -0.4 is 5.32 Å². The third-order valence-electron chi connectivity index (χ3n) is 1.96. The summed E-state index contributed by atoms with van der Waals surface area (Å²) in [6.07, 6.45) is 2.01. The normalized spacial score (nSPS) is 10.5. The molecule has 0 atom stereocenters. The minimum absolute atomic E-state index is 0.938. The molecule has 2 aromatic heterocycles. The van der Waals surface area contributed by atoms with Crippen LogP contribution in [0.1, 0.15) is 5.82 Å². The van der Waals surface area contributed by atoms with Crippen molar-refractivity contribution in [2.24, 2.45) is 0 Å². The number of rotatable bonds is 1. The minimum Gasteiger partial charge on any atom is -0.371 e. The lowest BCUT2D eigenvalue weighted by Gasteiger charge is -1.95. The van der Waals surface area contributed by atoms with Crippen molar-refractivity contribution in [3.8, 4) is 0 Å². The number of aryl methyl sites for hydroxylation is 1. The predicted molar refractivity (Wildman–Crippen MR) is 49.5 cm³/mol. The first kappa shape index (κ1) is 7.16. The number of hydrogen-bond acceptors (Lipinski definition) is 2. The highest BCUT2D eigenvalue weighted by atomic mass is 15.1. The van der Waals surface area contributed by atoms with E-state index in [2.05, 4.69) is 14.7 Å². The molecule has 0 unspecified atom stereocenters. The topological polar surface area (TPSA) is 29.3 Å². The second-order valence-corrected chi connectivity index (χ2v) is 2.71. The van der Waals surface area contributed by atoms with Crippen LogP contribution in [0.3, 0.4) is 0 Å². The molecular weight excluding hydrogens is 150 g/mol.